The molecule has 41 heavy (non-hydrogen) atoms. The molecule has 0 nitrogen and oxygen atoms in total. The molecule has 9 rings (SSSR count). The number of thiophene rings is 1. The Morgan fingerprint density at radius 1 is 0.293 bits per heavy atom. The van der Waals surface area contributed by atoms with Gasteiger partial charge in [-0.3, -0.25) is 0 Å². The third kappa shape index (κ3) is 3.46. The Bertz CT molecular complexity index is 2480. The van der Waals surface area contributed by atoms with E-state index in [0.717, 1.165) is 0 Å². The first-order valence-electron chi connectivity index (χ1n) is 14.1. The van der Waals surface area contributed by atoms with Crippen molar-refractivity contribution in [2.24, 2.45) is 0 Å². The van der Waals surface area contributed by atoms with E-state index in [1.165, 1.54) is 85.5 Å². The molecule has 0 saturated carbocycles. The van der Waals surface area contributed by atoms with E-state index in [1.807, 2.05) is 11.3 Å². The predicted molar refractivity (Wildman–Crippen MR) is 180 cm³/mol. The lowest BCUT2D eigenvalue weighted by molar-refractivity contribution is 1.69. The van der Waals surface area contributed by atoms with E-state index in [1.54, 1.807) is 0 Å². The lowest BCUT2D eigenvalue weighted by Crippen LogP contribution is -1.89. The molecular weight excluding hydrogens is 513 g/mol. The summed E-state index contributed by atoms with van der Waals surface area (Å²) in [6.07, 6.45) is 0. The highest BCUT2D eigenvalue weighted by molar-refractivity contribution is 7.25. The minimum Gasteiger partial charge on any atom is -0.135 e. The molecule has 1 heterocycles. The van der Waals surface area contributed by atoms with E-state index >= 15 is 0 Å². The predicted octanol–water partition coefficient (Wildman–Crippen LogP) is 12.0. The molecule has 1 heteroatoms. The molecule has 190 valence electrons. The quantitative estimate of drug-likeness (QED) is 0.193. The van der Waals surface area contributed by atoms with Gasteiger partial charge in [0.15, 0.2) is 0 Å². The van der Waals surface area contributed by atoms with Crippen LogP contribution in [0, 0.1) is 0 Å². The van der Waals surface area contributed by atoms with Gasteiger partial charge in [0.2, 0.25) is 0 Å². The summed E-state index contributed by atoms with van der Waals surface area (Å²) in [6, 6.07) is 53.9. The molecule has 0 aliphatic carbocycles. The maximum absolute atomic E-state index is 2.43. The third-order valence-corrected chi connectivity index (χ3v) is 9.77. The minimum atomic E-state index is 1.25. The van der Waals surface area contributed by atoms with Gasteiger partial charge in [0, 0.05) is 20.2 Å². The van der Waals surface area contributed by atoms with Gasteiger partial charge in [-0.1, -0.05) is 115 Å². The zero-order chi connectivity index (χ0) is 26.9. The summed E-state index contributed by atoms with van der Waals surface area (Å²) in [4.78, 5) is 0. The van der Waals surface area contributed by atoms with Gasteiger partial charge >= 0.3 is 0 Å². The fraction of sp³-hybridized carbons (Fsp3) is 0. The second-order valence-electron chi connectivity index (χ2n) is 10.9. The Morgan fingerprint density at radius 2 is 0.805 bits per heavy atom. The van der Waals surface area contributed by atoms with E-state index in [2.05, 4.69) is 146 Å². The molecule has 0 unspecified atom stereocenters. The van der Waals surface area contributed by atoms with Gasteiger partial charge in [-0.15, -0.1) is 11.3 Å². The molecule has 0 aliphatic rings. The van der Waals surface area contributed by atoms with Crippen molar-refractivity contribution in [2.45, 2.75) is 0 Å². The monoisotopic (exact) mass is 536 g/mol. The summed E-state index contributed by atoms with van der Waals surface area (Å²) < 4.78 is 2.68. The minimum absolute atomic E-state index is 1.25. The van der Waals surface area contributed by atoms with Crippen LogP contribution in [0.15, 0.2) is 146 Å². The molecule has 0 N–H and O–H groups in total. The van der Waals surface area contributed by atoms with E-state index < -0.39 is 0 Å². The van der Waals surface area contributed by atoms with Crippen molar-refractivity contribution in [2.75, 3.05) is 0 Å². The highest BCUT2D eigenvalue weighted by atomic mass is 32.1. The van der Waals surface area contributed by atoms with Gasteiger partial charge in [0.1, 0.15) is 0 Å². The summed E-state index contributed by atoms with van der Waals surface area (Å²) in [5.74, 6) is 0. The van der Waals surface area contributed by atoms with Crippen LogP contribution in [0.5, 0.6) is 0 Å². The zero-order valence-electron chi connectivity index (χ0n) is 22.3. The number of benzene rings is 8. The average molecular weight is 537 g/mol. The van der Waals surface area contributed by atoms with Crippen LogP contribution in [-0.4, -0.2) is 0 Å². The highest BCUT2D eigenvalue weighted by Gasteiger charge is 2.15. The topological polar surface area (TPSA) is 0 Å². The molecule has 9 aromatic rings. The largest absolute Gasteiger partial charge is 0.135 e. The molecule has 0 amide bonds. The molecule has 0 bridgehead atoms. The maximum Gasteiger partial charge on any atom is 0.0361 e. The van der Waals surface area contributed by atoms with Crippen molar-refractivity contribution in [1.82, 2.24) is 0 Å². The van der Waals surface area contributed by atoms with Crippen molar-refractivity contribution < 1.29 is 0 Å². The second kappa shape index (κ2) is 8.76. The molecule has 0 saturated heterocycles. The normalized spacial score (nSPS) is 11.9. The molecule has 0 aliphatic heterocycles. The van der Waals surface area contributed by atoms with Crippen molar-refractivity contribution in [3.8, 4) is 22.3 Å². The Morgan fingerprint density at radius 3 is 1.51 bits per heavy atom. The fourth-order valence-electron chi connectivity index (χ4n) is 6.68. The SMILES string of the molecule is c1ccc2cc(-c3cc4c5ccccc5c(-c5ccc6c(c5)sc5ccccc56)cc4c4ccccc34)ccc2c1. The first-order valence-corrected chi connectivity index (χ1v) is 14.9. The maximum atomic E-state index is 2.43. The van der Waals surface area contributed by atoms with Crippen molar-refractivity contribution in [1.29, 1.82) is 0 Å². The molecule has 8 aromatic carbocycles. The Hall–Kier alpha value is -4.98. The number of hydrogen-bond donors (Lipinski definition) is 0. The summed E-state index contributed by atoms with van der Waals surface area (Å²) in [6.45, 7) is 0. The van der Waals surface area contributed by atoms with Gasteiger partial charge in [-0.25, -0.2) is 0 Å². The van der Waals surface area contributed by atoms with Crippen LogP contribution in [-0.2, 0) is 0 Å². The van der Waals surface area contributed by atoms with E-state index in [0.29, 0.717) is 0 Å². The first kappa shape index (κ1) is 22.8. The molecule has 1 aromatic heterocycles. The summed E-state index contributed by atoms with van der Waals surface area (Å²) in [5, 5.41) is 13.0. The molecule has 0 spiro atoms. The summed E-state index contributed by atoms with van der Waals surface area (Å²) in [5.41, 5.74) is 5.09. The van der Waals surface area contributed by atoms with Crippen LogP contribution >= 0.6 is 11.3 Å². The Labute approximate surface area is 241 Å². The third-order valence-electron chi connectivity index (χ3n) is 8.63. The number of hydrogen-bond acceptors (Lipinski definition) is 1. The summed E-state index contributed by atoms with van der Waals surface area (Å²) in [7, 11) is 0. The van der Waals surface area contributed by atoms with Gasteiger partial charge in [0.05, 0.1) is 0 Å². The summed E-state index contributed by atoms with van der Waals surface area (Å²) >= 11 is 1.88. The van der Waals surface area contributed by atoms with Crippen LogP contribution in [0.4, 0.5) is 0 Å². The van der Waals surface area contributed by atoms with Crippen LogP contribution in [0.2, 0.25) is 0 Å². The lowest BCUT2D eigenvalue weighted by Gasteiger charge is -2.16. The number of rotatable bonds is 2. The fourth-order valence-corrected chi connectivity index (χ4v) is 7.82. The zero-order valence-corrected chi connectivity index (χ0v) is 23.1. The molecular formula is C40H24S. The van der Waals surface area contributed by atoms with Gasteiger partial charge in [0.25, 0.3) is 0 Å². The second-order valence-corrected chi connectivity index (χ2v) is 12.0. The van der Waals surface area contributed by atoms with E-state index in [9.17, 15) is 0 Å². The van der Waals surface area contributed by atoms with Gasteiger partial charge in [-0.05, 0) is 95.7 Å². The van der Waals surface area contributed by atoms with Crippen molar-refractivity contribution in [3.63, 3.8) is 0 Å². The average Bonchev–Trinajstić information content (AvgIpc) is 3.41. The lowest BCUT2D eigenvalue weighted by atomic mass is 9.87. The molecule has 0 fully saturated rings. The smallest absolute Gasteiger partial charge is 0.0361 e. The van der Waals surface area contributed by atoms with Crippen molar-refractivity contribution >= 4 is 74.6 Å². The highest BCUT2D eigenvalue weighted by Crippen LogP contribution is 2.43. The number of fused-ring (bicyclic) bond motifs is 9. The Kier molecular flexibility index (Phi) is 4.87. The molecule has 0 radical (unpaired) electrons. The van der Waals surface area contributed by atoms with Gasteiger partial charge in [-0.2, -0.15) is 0 Å². The van der Waals surface area contributed by atoms with Crippen LogP contribution in [0.3, 0.4) is 0 Å². The first-order chi connectivity index (χ1) is 20.3. The Balaban J connectivity index is 1.35. The van der Waals surface area contributed by atoms with Gasteiger partial charge < -0.3 is 0 Å². The standard InChI is InChI=1S/C40H24S/c1-2-10-26-21-27(18-17-25(26)9-1)35-23-37-32-14-6-4-12-30(32)36(24-38(37)31-13-5-3-11-29(31)35)28-19-20-34-33-15-7-8-16-39(33)41-40(34)22-28/h1-24H. The van der Waals surface area contributed by atoms with Crippen LogP contribution in [0.1, 0.15) is 0 Å². The molecule has 0 atom stereocenters. The van der Waals surface area contributed by atoms with Crippen molar-refractivity contribution in [3.05, 3.63) is 146 Å². The van der Waals surface area contributed by atoms with E-state index in [4.69, 9.17) is 0 Å². The van der Waals surface area contributed by atoms with Crippen LogP contribution < -0.4 is 0 Å². The van der Waals surface area contributed by atoms with E-state index in [-0.39, 0.29) is 0 Å². The van der Waals surface area contributed by atoms with Crippen LogP contribution in [0.25, 0.3) is 85.5 Å².